The summed E-state index contributed by atoms with van der Waals surface area (Å²) in [5.41, 5.74) is -1.98. The van der Waals surface area contributed by atoms with Gasteiger partial charge in [-0.1, -0.05) is 30.3 Å². The quantitative estimate of drug-likeness (QED) is 0.537. The van der Waals surface area contributed by atoms with Gasteiger partial charge in [-0.3, -0.25) is 9.80 Å². The van der Waals surface area contributed by atoms with E-state index in [1.165, 1.54) is 6.92 Å². The smallest absolute Gasteiger partial charge is 0.412 e. The van der Waals surface area contributed by atoms with E-state index in [0.717, 1.165) is 9.80 Å². The highest BCUT2D eigenvalue weighted by molar-refractivity contribution is 5.89. The van der Waals surface area contributed by atoms with E-state index < -0.39 is 48.0 Å². The molecule has 0 aromatic heterocycles. The van der Waals surface area contributed by atoms with Crippen LogP contribution in [0.15, 0.2) is 30.3 Å². The lowest BCUT2D eigenvalue weighted by atomic mass is 9.88. The van der Waals surface area contributed by atoms with Crippen molar-refractivity contribution in [1.29, 1.82) is 0 Å². The number of hydrogen-bond acceptors (Lipinski definition) is 7. The van der Waals surface area contributed by atoms with Gasteiger partial charge in [0, 0.05) is 6.42 Å². The summed E-state index contributed by atoms with van der Waals surface area (Å²) in [5, 5.41) is 9.91. The van der Waals surface area contributed by atoms with Gasteiger partial charge in [-0.2, -0.15) is 0 Å². The minimum absolute atomic E-state index is 0.0457. The van der Waals surface area contributed by atoms with E-state index in [2.05, 4.69) is 0 Å². The zero-order valence-electron chi connectivity index (χ0n) is 19.0. The van der Waals surface area contributed by atoms with E-state index in [1.807, 2.05) is 6.07 Å². The molecule has 1 aliphatic heterocycles. The van der Waals surface area contributed by atoms with Crippen molar-refractivity contribution in [2.75, 3.05) is 13.3 Å². The molecule has 2 atom stereocenters. The molecular formula is C22H30N2O8. The molecule has 1 aromatic rings. The van der Waals surface area contributed by atoms with Crippen LogP contribution in [-0.2, 0) is 30.4 Å². The number of aliphatic carboxylic acids is 1. The first kappa shape index (κ1) is 25.0. The normalized spacial score (nSPS) is 21.0. The molecule has 1 fully saturated rings. The van der Waals surface area contributed by atoms with Crippen LogP contribution in [0.3, 0.4) is 0 Å². The van der Waals surface area contributed by atoms with E-state index in [1.54, 1.807) is 52.0 Å². The number of esters is 1. The van der Waals surface area contributed by atoms with E-state index in [9.17, 15) is 24.3 Å². The summed E-state index contributed by atoms with van der Waals surface area (Å²) in [6.45, 7) is 7.31. The zero-order chi connectivity index (χ0) is 24.1. The molecule has 1 saturated heterocycles. The van der Waals surface area contributed by atoms with Gasteiger partial charge in [0.15, 0.2) is 0 Å². The Kier molecular flexibility index (Phi) is 7.71. The van der Waals surface area contributed by atoms with Crippen LogP contribution in [0.2, 0.25) is 0 Å². The molecule has 176 valence electrons. The minimum Gasteiger partial charge on any atom is -0.480 e. The van der Waals surface area contributed by atoms with Crippen LogP contribution in [0.1, 0.15) is 46.6 Å². The minimum atomic E-state index is -1.82. The maximum Gasteiger partial charge on any atom is 0.412 e. The Morgan fingerprint density at radius 1 is 1.09 bits per heavy atom. The summed E-state index contributed by atoms with van der Waals surface area (Å²) >= 11 is 0. The summed E-state index contributed by atoms with van der Waals surface area (Å²) in [6.07, 6.45) is -2.20. The van der Waals surface area contributed by atoms with Gasteiger partial charge in [0.05, 0.1) is 6.61 Å². The fourth-order valence-electron chi connectivity index (χ4n) is 3.22. The Morgan fingerprint density at radius 2 is 1.72 bits per heavy atom. The van der Waals surface area contributed by atoms with Crippen molar-refractivity contribution in [3.8, 4) is 0 Å². The van der Waals surface area contributed by atoms with Crippen molar-refractivity contribution in [3.63, 3.8) is 0 Å². The lowest BCUT2D eigenvalue weighted by Gasteiger charge is -2.48. The van der Waals surface area contributed by atoms with E-state index in [0.29, 0.717) is 5.56 Å². The predicted octanol–water partition coefficient (Wildman–Crippen LogP) is 3.00. The largest absolute Gasteiger partial charge is 0.480 e. The highest BCUT2D eigenvalue weighted by atomic mass is 16.6. The van der Waals surface area contributed by atoms with Gasteiger partial charge in [-0.15, -0.1) is 0 Å². The second kappa shape index (κ2) is 9.88. The fraction of sp³-hybridized carbons (Fsp3) is 0.545. The molecule has 0 spiro atoms. The maximum atomic E-state index is 12.9. The van der Waals surface area contributed by atoms with Gasteiger partial charge < -0.3 is 19.3 Å². The van der Waals surface area contributed by atoms with Crippen molar-refractivity contribution < 1.29 is 38.5 Å². The van der Waals surface area contributed by atoms with Crippen molar-refractivity contribution in [1.82, 2.24) is 9.80 Å². The second-order valence-corrected chi connectivity index (χ2v) is 8.61. The first-order chi connectivity index (χ1) is 14.9. The van der Waals surface area contributed by atoms with E-state index >= 15 is 0 Å². The summed E-state index contributed by atoms with van der Waals surface area (Å²) < 4.78 is 15.7. The van der Waals surface area contributed by atoms with Crippen LogP contribution in [0.4, 0.5) is 9.59 Å². The highest BCUT2D eigenvalue weighted by Gasteiger charge is 2.54. The molecule has 1 heterocycles. The zero-order valence-corrected chi connectivity index (χ0v) is 19.0. The number of benzene rings is 1. The Morgan fingerprint density at radius 3 is 2.25 bits per heavy atom. The maximum absolute atomic E-state index is 12.9. The Labute approximate surface area is 187 Å². The van der Waals surface area contributed by atoms with Crippen LogP contribution < -0.4 is 0 Å². The molecule has 0 saturated carbocycles. The number of amides is 2. The average molecular weight is 450 g/mol. The van der Waals surface area contributed by atoms with Gasteiger partial charge in [0.2, 0.25) is 0 Å². The number of nitrogens with zero attached hydrogens (tertiary/aromatic N) is 2. The van der Waals surface area contributed by atoms with Crippen LogP contribution in [-0.4, -0.2) is 69.5 Å². The number of carbonyl (C=O) groups is 4. The van der Waals surface area contributed by atoms with Crippen LogP contribution in [0.5, 0.6) is 0 Å². The number of carbonyl (C=O) groups excluding carboxylic acids is 3. The van der Waals surface area contributed by atoms with E-state index in [4.69, 9.17) is 14.2 Å². The van der Waals surface area contributed by atoms with Crippen molar-refractivity contribution in [2.45, 2.75) is 64.8 Å². The standard InChI is InChI=1S/C22H30N2O8/c1-6-30-17(25)16-12-22(5,18(26)27)24(14-23(16)19(28)32-21(2,3)4)20(29)31-13-15-10-8-7-9-11-15/h7-11,16H,6,12-14H2,1-5H3,(H,26,27)/t16-,22+/m0/s1. The third-order valence-corrected chi connectivity index (χ3v) is 4.93. The van der Waals surface area contributed by atoms with Gasteiger partial charge >= 0.3 is 24.1 Å². The number of carboxylic acid groups (broad SMARTS) is 1. The van der Waals surface area contributed by atoms with Gasteiger partial charge in [-0.05, 0) is 40.2 Å². The van der Waals surface area contributed by atoms with Gasteiger partial charge in [0.25, 0.3) is 0 Å². The monoisotopic (exact) mass is 450 g/mol. The summed E-state index contributed by atoms with van der Waals surface area (Å²) in [4.78, 5) is 52.4. The lowest BCUT2D eigenvalue weighted by molar-refractivity contribution is -0.166. The lowest BCUT2D eigenvalue weighted by Crippen LogP contribution is -2.68. The third kappa shape index (κ3) is 5.89. The topological polar surface area (TPSA) is 123 Å². The third-order valence-electron chi connectivity index (χ3n) is 4.93. The molecule has 0 radical (unpaired) electrons. The number of ether oxygens (including phenoxy) is 3. The summed E-state index contributed by atoms with van der Waals surface area (Å²) in [5.74, 6) is -2.12. The Bertz CT molecular complexity index is 851. The molecule has 2 rings (SSSR count). The summed E-state index contributed by atoms with van der Waals surface area (Å²) in [7, 11) is 0. The second-order valence-electron chi connectivity index (χ2n) is 8.61. The molecule has 1 aliphatic rings. The molecule has 2 amide bonds. The van der Waals surface area contributed by atoms with Crippen LogP contribution >= 0.6 is 0 Å². The van der Waals surface area contributed by atoms with Crippen molar-refractivity contribution >= 4 is 24.1 Å². The molecule has 0 aliphatic carbocycles. The van der Waals surface area contributed by atoms with Crippen LogP contribution in [0, 0.1) is 0 Å². The van der Waals surface area contributed by atoms with Gasteiger partial charge in [-0.25, -0.2) is 19.2 Å². The predicted molar refractivity (Wildman–Crippen MR) is 112 cm³/mol. The number of hydrogen-bond donors (Lipinski definition) is 1. The molecule has 1 aromatic carbocycles. The molecule has 0 bridgehead atoms. The highest BCUT2D eigenvalue weighted by Crippen LogP contribution is 2.32. The van der Waals surface area contributed by atoms with Crippen molar-refractivity contribution in [2.24, 2.45) is 0 Å². The SMILES string of the molecule is CCOC(=O)[C@@H]1C[C@](C)(C(=O)O)N(C(=O)OCc2ccccc2)CN1C(=O)OC(C)(C)C. The first-order valence-corrected chi connectivity index (χ1v) is 10.3. The molecule has 32 heavy (non-hydrogen) atoms. The molecule has 1 N–H and O–H groups in total. The van der Waals surface area contributed by atoms with Crippen molar-refractivity contribution in [3.05, 3.63) is 35.9 Å². The summed E-state index contributed by atoms with van der Waals surface area (Å²) in [6, 6.07) is 7.63. The molecule has 0 unspecified atom stereocenters. The van der Waals surface area contributed by atoms with E-state index in [-0.39, 0.29) is 19.6 Å². The Balaban J connectivity index is 2.34. The molecule has 10 heteroatoms. The first-order valence-electron chi connectivity index (χ1n) is 10.3. The average Bonchev–Trinajstić information content (AvgIpc) is 2.71. The molecule has 10 nitrogen and oxygen atoms in total. The fourth-order valence-corrected chi connectivity index (χ4v) is 3.22. The number of carboxylic acids is 1. The van der Waals surface area contributed by atoms with Gasteiger partial charge in [0.1, 0.15) is 30.5 Å². The Hall–Kier alpha value is -3.30. The number of rotatable bonds is 5. The molecular weight excluding hydrogens is 420 g/mol. The van der Waals surface area contributed by atoms with Crippen LogP contribution in [0.25, 0.3) is 0 Å².